The summed E-state index contributed by atoms with van der Waals surface area (Å²) in [6.07, 6.45) is 1.35. The Hall–Kier alpha value is -1.78. The van der Waals surface area contributed by atoms with Crippen molar-refractivity contribution in [3.05, 3.63) is 40.0 Å². The van der Waals surface area contributed by atoms with Gasteiger partial charge in [-0.15, -0.1) is 0 Å². The number of nitrogens with zero attached hydrogens (tertiary/aromatic N) is 2. The molecule has 8 heteroatoms. The van der Waals surface area contributed by atoms with Crippen LogP contribution in [0.25, 0.3) is 0 Å². The number of benzene rings is 1. The topological polar surface area (TPSA) is 80.2 Å². The lowest BCUT2D eigenvalue weighted by Gasteiger charge is -2.27. The van der Waals surface area contributed by atoms with Gasteiger partial charge in [-0.3, -0.25) is 9.69 Å². The first-order valence-corrected chi connectivity index (χ1v) is 8.38. The minimum absolute atomic E-state index is 0.00795. The molecular formula is C16H19Cl2N5O. The van der Waals surface area contributed by atoms with E-state index >= 15 is 0 Å². The predicted molar refractivity (Wildman–Crippen MR) is 96.1 cm³/mol. The molecule has 3 N–H and O–H groups in total. The third-order valence-electron chi connectivity index (χ3n) is 3.53. The standard InChI is InChI=1S/C16H19Cl2N5O/c17-13-7-14(18)9-15(8-13)22-11-12(10-19)16(24)21-3-6-23-4-1-20-2-5-23/h7-9,11,20,22H,1-6H2,(H,21,24)/b12-11-. The zero-order chi connectivity index (χ0) is 17.4. The van der Waals surface area contributed by atoms with Crippen molar-refractivity contribution in [3.63, 3.8) is 0 Å². The van der Waals surface area contributed by atoms with E-state index in [1.165, 1.54) is 6.20 Å². The first kappa shape index (κ1) is 18.6. The lowest BCUT2D eigenvalue weighted by molar-refractivity contribution is -0.117. The van der Waals surface area contributed by atoms with Crippen molar-refractivity contribution in [1.29, 1.82) is 5.26 Å². The Labute approximate surface area is 151 Å². The van der Waals surface area contributed by atoms with Crippen LogP contribution in [-0.2, 0) is 4.79 Å². The number of halogens is 2. The molecule has 0 bridgehead atoms. The normalized spacial score (nSPS) is 15.6. The SMILES string of the molecule is N#C/C(=C/Nc1cc(Cl)cc(Cl)c1)C(=O)NCCN1CCNCC1. The molecule has 1 fully saturated rings. The van der Waals surface area contributed by atoms with Crippen LogP contribution in [-0.4, -0.2) is 50.1 Å². The summed E-state index contributed by atoms with van der Waals surface area (Å²) < 4.78 is 0. The fourth-order valence-electron chi connectivity index (χ4n) is 2.30. The number of nitriles is 1. The van der Waals surface area contributed by atoms with Gasteiger partial charge in [0.1, 0.15) is 11.6 Å². The fraction of sp³-hybridized carbons (Fsp3) is 0.375. The highest BCUT2D eigenvalue weighted by atomic mass is 35.5. The van der Waals surface area contributed by atoms with Gasteiger partial charge < -0.3 is 16.0 Å². The minimum Gasteiger partial charge on any atom is -0.360 e. The van der Waals surface area contributed by atoms with Crippen molar-refractivity contribution in [2.45, 2.75) is 0 Å². The highest BCUT2D eigenvalue weighted by molar-refractivity contribution is 6.35. The summed E-state index contributed by atoms with van der Waals surface area (Å²) in [5, 5.41) is 19.0. The Balaban J connectivity index is 1.84. The van der Waals surface area contributed by atoms with Gasteiger partial charge in [-0.05, 0) is 18.2 Å². The third kappa shape index (κ3) is 6.02. The fourth-order valence-corrected chi connectivity index (χ4v) is 2.82. The number of anilines is 1. The van der Waals surface area contributed by atoms with Crippen molar-refractivity contribution in [1.82, 2.24) is 15.5 Å². The van der Waals surface area contributed by atoms with E-state index in [0.29, 0.717) is 22.3 Å². The number of carbonyl (C=O) groups excluding carboxylic acids is 1. The maximum Gasteiger partial charge on any atom is 0.263 e. The molecule has 1 aliphatic heterocycles. The number of hydrogen-bond acceptors (Lipinski definition) is 5. The third-order valence-corrected chi connectivity index (χ3v) is 3.97. The molecule has 0 atom stereocenters. The highest BCUT2D eigenvalue weighted by Gasteiger charge is 2.11. The molecule has 0 aromatic heterocycles. The van der Waals surface area contributed by atoms with Gasteiger partial charge in [-0.2, -0.15) is 5.26 Å². The molecule has 128 valence electrons. The second kappa shape index (κ2) is 9.50. The molecule has 1 saturated heterocycles. The van der Waals surface area contributed by atoms with Crippen molar-refractivity contribution >= 4 is 34.8 Å². The summed E-state index contributed by atoms with van der Waals surface area (Å²) >= 11 is 11.8. The van der Waals surface area contributed by atoms with Gasteiger partial charge in [0.2, 0.25) is 0 Å². The molecule has 1 aliphatic rings. The van der Waals surface area contributed by atoms with Crippen molar-refractivity contribution in [2.24, 2.45) is 0 Å². The van der Waals surface area contributed by atoms with Gasteiger partial charge in [0.05, 0.1) is 0 Å². The summed E-state index contributed by atoms with van der Waals surface area (Å²) in [5.41, 5.74) is 0.597. The van der Waals surface area contributed by atoms with E-state index in [4.69, 9.17) is 28.5 Å². The molecule has 1 aromatic rings. The van der Waals surface area contributed by atoms with Crippen LogP contribution in [0.5, 0.6) is 0 Å². The maximum absolute atomic E-state index is 12.0. The lowest BCUT2D eigenvalue weighted by Crippen LogP contribution is -2.46. The molecule has 1 aromatic carbocycles. The molecular weight excluding hydrogens is 349 g/mol. The Morgan fingerprint density at radius 3 is 2.58 bits per heavy atom. The van der Waals surface area contributed by atoms with E-state index in [-0.39, 0.29) is 5.57 Å². The van der Waals surface area contributed by atoms with Crippen molar-refractivity contribution in [2.75, 3.05) is 44.6 Å². The van der Waals surface area contributed by atoms with Gasteiger partial charge in [0.15, 0.2) is 0 Å². The molecule has 0 saturated carbocycles. The number of hydrogen-bond donors (Lipinski definition) is 3. The van der Waals surface area contributed by atoms with Gasteiger partial charge in [-0.1, -0.05) is 23.2 Å². The van der Waals surface area contributed by atoms with Crippen LogP contribution in [0.3, 0.4) is 0 Å². The van der Waals surface area contributed by atoms with E-state index in [2.05, 4.69) is 20.9 Å². The van der Waals surface area contributed by atoms with Gasteiger partial charge in [0.25, 0.3) is 5.91 Å². The lowest BCUT2D eigenvalue weighted by atomic mass is 10.2. The second-order valence-electron chi connectivity index (χ2n) is 5.32. The number of nitrogens with one attached hydrogen (secondary N) is 3. The van der Waals surface area contributed by atoms with Crippen LogP contribution >= 0.6 is 23.2 Å². The Bertz CT molecular complexity index is 630. The molecule has 0 unspecified atom stereocenters. The second-order valence-corrected chi connectivity index (χ2v) is 6.19. The average molecular weight is 368 g/mol. The Kier molecular flexibility index (Phi) is 7.35. The van der Waals surface area contributed by atoms with E-state index in [9.17, 15) is 4.79 Å². The monoisotopic (exact) mass is 367 g/mol. The molecule has 2 rings (SSSR count). The van der Waals surface area contributed by atoms with E-state index in [0.717, 1.165) is 32.7 Å². The van der Waals surface area contributed by atoms with Crippen LogP contribution < -0.4 is 16.0 Å². The number of amides is 1. The summed E-state index contributed by atoms with van der Waals surface area (Å²) in [5.74, 6) is -0.409. The highest BCUT2D eigenvalue weighted by Crippen LogP contribution is 2.22. The van der Waals surface area contributed by atoms with Crippen LogP contribution in [0, 0.1) is 11.3 Å². The summed E-state index contributed by atoms with van der Waals surface area (Å²) in [4.78, 5) is 14.3. The van der Waals surface area contributed by atoms with E-state index in [1.54, 1.807) is 18.2 Å². The van der Waals surface area contributed by atoms with Gasteiger partial charge >= 0.3 is 0 Å². The van der Waals surface area contributed by atoms with E-state index in [1.807, 2.05) is 6.07 Å². The number of piperazine rings is 1. The molecule has 0 spiro atoms. The quantitative estimate of drug-likeness (QED) is 0.527. The zero-order valence-corrected chi connectivity index (χ0v) is 14.6. The molecule has 1 amide bonds. The number of rotatable bonds is 6. The van der Waals surface area contributed by atoms with Crippen molar-refractivity contribution in [3.8, 4) is 6.07 Å². The Morgan fingerprint density at radius 2 is 1.96 bits per heavy atom. The molecule has 6 nitrogen and oxygen atoms in total. The number of carbonyl (C=O) groups is 1. The Morgan fingerprint density at radius 1 is 1.29 bits per heavy atom. The van der Waals surface area contributed by atoms with Gasteiger partial charge in [0, 0.05) is 61.2 Å². The molecule has 1 heterocycles. The molecule has 0 aliphatic carbocycles. The zero-order valence-electron chi connectivity index (χ0n) is 13.1. The summed E-state index contributed by atoms with van der Waals surface area (Å²) in [7, 11) is 0. The van der Waals surface area contributed by atoms with Crippen LogP contribution in [0.4, 0.5) is 5.69 Å². The van der Waals surface area contributed by atoms with Crippen molar-refractivity contribution < 1.29 is 4.79 Å². The van der Waals surface area contributed by atoms with E-state index < -0.39 is 5.91 Å². The average Bonchev–Trinajstić information content (AvgIpc) is 2.55. The first-order valence-electron chi connectivity index (χ1n) is 7.62. The smallest absolute Gasteiger partial charge is 0.263 e. The molecule has 0 radical (unpaired) electrons. The maximum atomic E-state index is 12.0. The summed E-state index contributed by atoms with van der Waals surface area (Å²) in [6.45, 7) is 5.12. The van der Waals surface area contributed by atoms with Gasteiger partial charge in [-0.25, -0.2) is 0 Å². The minimum atomic E-state index is -0.409. The van der Waals surface area contributed by atoms with Crippen LogP contribution in [0.15, 0.2) is 30.0 Å². The summed E-state index contributed by atoms with van der Waals surface area (Å²) in [6, 6.07) is 6.80. The predicted octanol–water partition coefficient (Wildman–Crippen LogP) is 1.83. The van der Waals surface area contributed by atoms with Crippen LogP contribution in [0.2, 0.25) is 10.0 Å². The first-order chi connectivity index (χ1) is 11.6. The van der Waals surface area contributed by atoms with Crippen LogP contribution in [0.1, 0.15) is 0 Å². The molecule has 24 heavy (non-hydrogen) atoms. The largest absolute Gasteiger partial charge is 0.360 e.